The molecular formula is C14H21BrN2O2. The van der Waals surface area contributed by atoms with Gasteiger partial charge in [0.15, 0.2) is 5.82 Å². The average Bonchev–Trinajstić information content (AvgIpc) is 2.47. The monoisotopic (exact) mass is 328 g/mol. The molecule has 1 aromatic heterocycles. The molecule has 1 aromatic rings. The smallest absolute Gasteiger partial charge is 0.160 e. The van der Waals surface area contributed by atoms with Gasteiger partial charge in [0, 0.05) is 55.4 Å². The highest BCUT2D eigenvalue weighted by atomic mass is 79.9. The number of halogens is 1. The Bertz CT molecular complexity index is 414. The molecule has 19 heavy (non-hydrogen) atoms. The molecule has 0 aromatic carbocycles. The number of rotatable bonds is 5. The van der Waals surface area contributed by atoms with Crippen molar-refractivity contribution in [2.45, 2.75) is 44.0 Å². The highest BCUT2D eigenvalue weighted by Crippen LogP contribution is 2.34. The minimum Gasteiger partial charge on any atom is -0.381 e. The second kappa shape index (κ2) is 6.77. The highest BCUT2D eigenvalue weighted by molar-refractivity contribution is 9.08. The second-order valence-electron chi connectivity index (χ2n) is 4.69. The van der Waals surface area contributed by atoms with Gasteiger partial charge in [0.05, 0.1) is 0 Å². The van der Waals surface area contributed by atoms with Crippen molar-refractivity contribution in [3.63, 3.8) is 0 Å². The molecule has 0 saturated carbocycles. The molecule has 0 bridgehead atoms. The Labute approximate surface area is 123 Å². The van der Waals surface area contributed by atoms with Gasteiger partial charge < -0.3 is 9.47 Å². The summed E-state index contributed by atoms with van der Waals surface area (Å²) in [6, 6.07) is 0. The van der Waals surface area contributed by atoms with Gasteiger partial charge in [-0.1, -0.05) is 22.9 Å². The van der Waals surface area contributed by atoms with Crippen LogP contribution in [0.5, 0.6) is 0 Å². The molecule has 2 rings (SSSR count). The van der Waals surface area contributed by atoms with Crippen molar-refractivity contribution >= 4 is 15.9 Å². The summed E-state index contributed by atoms with van der Waals surface area (Å²) in [5.41, 5.74) is 1.90. The van der Waals surface area contributed by atoms with Gasteiger partial charge in [0.25, 0.3) is 0 Å². The summed E-state index contributed by atoms with van der Waals surface area (Å²) in [5.74, 6) is 0.819. The Morgan fingerprint density at radius 3 is 2.68 bits per heavy atom. The van der Waals surface area contributed by atoms with Gasteiger partial charge >= 0.3 is 0 Å². The fourth-order valence-electron chi connectivity index (χ4n) is 2.49. The first-order valence-electron chi connectivity index (χ1n) is 6.88. The summed E-state index contributed by atoms with van der Waals surface area (Å²) < 4.78 is 11.5. The molecule has 1 fully saturated rings. The van der Waals surface area contributed by atoms with Crippen LogP contribution >= 0.6 is 15.9 Å². The third kappa shape index (κ3) is 3.15. The predicted molar refractivity (Wildman–Crippen MR) is 77.4 cm³/mol. The van der Waals surface area contributed by atoms with Crippen molar-refractivity contribution in [3.05, 3.63) is 23.3 Å². The molecule has 0 spiro atoms. The first-order valence-corrected chi connectivity index (χ1v) is 8.01. The Kier molecular flexibility index (Phi) is 5.30. The lowest BCUT2D eigenvalue weighted by atomic mass is 9.92. The number of nitrogens with zero attached hydrogens (tertiary/aromatic N) is 2. The molecule has 1 aliphatic heterocycles. The SMILES string of the molecule is CCOC1(c2ncc(CBr)c(CC)n2)CCOCC1. The van der Waals surface area contributed by atoms with E-state index in [0.29, 0.717) is 19.8 Å². The maximum atomic E-state index is 6.01. The van der Waals surface area contributed by atoms with E-state index in [2.05, 4.69) is 27.8 Å². The largest absolute Gasteiger partial charge is 0.381 e. The van der Waals surface area contributed by atoms with Crippen LogP contribution in [-0.2, 0) is 26.8 Å². The molecule has 0 aliphatic carbocycles. The molecule has 0 unspecified atom stereocenters. The van der Waals surface area contributed by atoms with Gasteiger partial charge in [-0.05, 0) is 13.3 Å². The molecule has 4 nitrogen and oxygen atoms in total. The van der Waals surface area contributed by atoms with Crippen LogP contribution in [0.1, 0.15) is 43.8 Å². The number of aromatic nitrogens is 2. The van der Waals surface area contributed by atoms with Crippen LogP contribution in [0.3, 0.4) is 0 Å². The van der Waals surface area contributed by atoms with E-state index in [9.17, 15) is 0 Å². The van der Waals surface area contributed by atoms with Crippen molar-refractivity contribution in [2.75, 3.05) is 19.8 Å². The first-order chi connectivity index (χ1) is 9.25. The van der Waals surface area contributed by atoms with E-state index in [-0.39, 0.29) is 5.60 Å². The Balaban J connectivity index is 2.36. The Morgan fingerprint density at radius 1 is 1.37 bits per heavy atom. The van der Waals surface area contributed by atoms with Crippen molar-refractivity contribution in [2.24, 2.45) is 0 Å². The minimum absolute atomic E-state index is 0.359. The molecule has 1 aliphatic rings. The van der Waals surface area contributed by atoms with E-state index in [1.165, 1.54) is 0 Å². The quantitative estimate of drug-likeness (QED) is 0.779. The van der Waals surface area contributed by atoms with E-state index in [4.69, 9.17) is 14.5 Å². The Hall–Kier alpha value is -0.520. The zero-order valence-electron chi connectivity index (χ0n) is 11.6. The van der Waals surface area contributed by atoms with Gasteiger partial charge in [-0.2, -0.15) is 0 Å². The normalized spacial score (nSPS) is 18.5. The second-order valence-corrected chi connectivity index (χ2v) is 5.25. The van der Waals surface area contributed by atoms with Gasteiger partial charge in [0.2, 0.25) is 0 Å². The number of hydrogen-bond donors (Lipinski definition) is 0. The number of hydrogen-bond acceptors (Lipinski definition) is 4. The van der Waals surface area contributed by atoms with Crippen molar-refractivity contribution < 1.29 is 9.47 Å². The van der Waals surface area contributed by atoms with E-state index in [1.807, 2.05) is 13.1 Å². The maximum Gasteiger partial charge on any atom is 0.160 e. The molecule has 0 N–H and O–H groups in total. The first kappa shape index (κ1) is 14.9. The van der Waals surface area contributed by atoms with Crippen LogP contribution in [0, 0.1) is 0 Å². The molecule has 1 saturated heterocycles. The lowest BCUT2D eigenvalue weighted by Crippen LogP contribution is -2.38. The van der Waals surface area contributed by atoms with E-state index in [0.717, 1.165) is 41.7 Å². The number of alkyl halides is 1. The van der Waals surface area contributed by atoms with Crippen LogP contribution in [0.15, 0.2) is 6.20 Å². The van der Waals surface area contributed by atoms with Crippen LogP contribution < -0.4 is 0 Å². The minimum atomic E-state index is -0.359. The molecule has 5 heteroatoms. The van der Waals surface area contributed by atoms with E-state index >= 15 is 0 Å². The van der Waals surface area contributed by atoms with Crippen LogP contribution in [-0.4, -0.2) is 29.8 Å². The van der Waals surface area contributed by atoms with E-state index in [1.54, 1.807) is 0 Å². The zero-order chi connectivity index (χ0) is 13.7. The summed E-state index contributed by atoms with van der Waals surface area (Å²) in [4.78, 5) is 9.31. The van der Waals surface area contributed by atoms with Crippen molar-refractivity contribution in [3.8, 4) is 0 Å². The summed E-state index contributed by atoms with van der Waals surface area (Å²) in [6.07, 6.45) is 4.50. The molecule has 106 valence electrons. The lowest BCUT2D eigenvalue weighted by Gasteiger charge is -2.35. The third-order valence-corrected chi connectivity index (χ3v) is 4.17. The maximum absolute atomic E-state index is 6.01. The van der Waals surface area contributed by atoms with Crippen molar-refractivity contribution in [1.82, 2.24) is 9.97 Å². The number of ether oxygens (including phenoxy) is 2. The topological polar surface area (TPSA) is 44.2 Å². The summed E-state index contributed by atoms with van der Waals surface area (Å²) in [5, 5.41) is 0.793. The average molecular weight is 329 g/mol. The Morgan fingerprint density at radius 2 is 2.11 bits per heavy atom. The van der Waals surface area contributed by atoms with Gasteiger partial charge in [-0.15, -0.1) is 0 Å². The summed E-state index contributed by atoms with van der Waals surface area (Å²) in [7, 11) is 0. The molecule has 0 radical (unpaired) electrons. The fourth-order valence-corrected chi connectivity index (χ4v) is 2.96. The van der Waals surface area contributed by atoms with Crippen molar-refractivity contribution in [1.29, 1.82) is 0 Å². The summed E-state index contributed by atoms with van der Waals surface area (Å²) in [6.45, 7) is 6.24. The van der Waals surface area contributed by atoms with Gasteiger partial charge in [-0.25, -0.2) is 9.97 Å². The van der Waals surface area contributed by atoms with Crippen LogP contribution in [0.2, 0.25) is 0 Å². The fraction of sp³-hybridized carbons (Fsp3) is 0.714. The third-order valence-electron chi connectivity index (χ3n) is 3.56. The van der Waals surface area contributed by atoms with Crippen LogP contribution in [0.4, 0.5) is 0 Å². The zero-order valence-corrected chi connectivity index (χ0v) is 13.2. The summed E-state index contributed by atoms with van der Waals surface area (Å²) >= 11 is 3.48. The number of aryl methyl sites for hydroxylation is 1. The molecular weight excluding hydrogens is 308 g/mol. The van der Waals surface area contributed by atoms with Gasteiger partial charge in [0.1, 0.15) is 5.60 Å². The van der Waals surface area contributed by atoms with E-state index < -0.39 is 0 Å². The molecule has 0 atom stereocenters. The highest BCUT2D eigenvalue weighted by Gasteiger charge is 2.38. The van der Waals surface area contributed by atoms with Crippen LogP contribution in [0.25, 0.3) is 0 Å². The molecule has 2 heterocycles. The standard InChI is InChI=1S/C14H21BrN2O2/c1-3-12-11(9-15)10-16-13(17-12)14(19-4-2)5-7-18-8-6-14/h10H,3-9H2,1-2H3. The van der Waals surface area contributed by atoms with Gasteiger partial charge in [-0.3, -0.25) is 0 Å². The molecule has 0 amide bonds. The predicted octanol–water partition coefficient (Wildman–Crippen LogP) is 2.98. The lowest BCUT2D eigenvalue weighted by molar-refractivity contribution is -0.118.